The second-order valence-corrected chi connectivity index (χ2v) is 5.87. The average molecular weight is 411 g/mol. The van der Waals surface area contributed by atoms with Crippen LogP contribution in [0, 0.1) is 5.82 Å². The topological polar surface area (TPSA) is 22.1 Å². The van der Waals surface area contributed by atoms with Crippen LogP contribution in [0.1, 0.15) is 5.56 Å². The highest BCUT2D eigenvalue weighted by molar-refractivity contribution is 9.10. The Morgan fingerprint density at radius 1 is 1.10 bits per heavy atom. The number of pyridine rings is 1. The Bertz CT molecular complexity index is 807. The lowest BCUT2D eigenvalue weighted by Gasteiger charge is -2.11. The molecule has 0 aliphatic carbocycles. The van der Waals surface area contributed by atoms with E-state index in [0.717, 1.165) is 16.5 Å². The number of halogens is 3. The number of fused-ring (bicyclic) bond motifs is 1. The number of alkyl halides is 1. The summed E-state index contributed by atoms with van der Waals surface area (Å²) in [6.07, 6.45) is 0. The van der Waals surface area contributed by atoms with Crippen LogP contribution < -0.4 is 4.74 Å². The maximum absolute atomic E-state index is 13.1. The van der Waals surface area contributed by atoms with E-state index in [1.54, 1.807) is 6.07 Å². The Morgan fingerprint density at radius 2 is 1.90 bits per heavy atom. The van der Waals surface area contributed by atoms with Gasteiger partial charge in [-0.05, 0) is 46.3 Å². The maximum Gasteiger partial charge on any atom is 0.223 e. The van der Waals surface area contributed by atoms with Gasteiger partial charge in [0.1, 0.15) is 11.6 Å². The van der Waals surface area contributed by atoms with Gasteiger partial charge in [0.15, 0.2) is 0 Å². The van der Waals surface area contributed by atoms with Gasteiger partial charge in [-0.15, -0.1) is 0 Å². The molecule has 0 fully saturated rings. The van der Waals surface area contributed by atoms with Crippen LogP contribution in [0.5, 0.6) is 11.6 Å². The van der Waals surface area contributed by atoms with Crippen molar-refractivity contribution in [2.24, 2.45) is 0 Å². The lowest BCUT2D eigenvalue weighted by molar-refractivity contribution is 0.456. The third-order valence-electron chi connectivity index (χ3n) is 3.01. The molecule has 0 spiro atoms. The van der Waals surface area contributed by atoms with Crippen LogP contribution in [0.25, 0.3) is 10.9 Å². The van der Waals surface area contributed by atoms with E-state index in [0.29, 0.717) is 21.4 Å². The van der Waals surface area contributed by atoms with E-state index in [1.165, 1.54) is 12.1 Å². The van der Waals surface area contributed by atoms with E-state index in [2.05, 4.69) is 36.8 Å². The summed E-state index contributed by atoms with van der Waals surface area (Å²) in [6, 6.07) is 14.2. The van der Waals surface area contributed by atoms with Crippen molar-refractivity contribution in [2.45, 2.75) is 5.33 Å². The van der Waals surface area contributed by atoms with Crippen molar-refractivity contribution in [3.8, 4) is 11.6 Å². The molecule has 0 bridgehead atoms. The van der Waals surface area contributed by atoms with Crippen LogP contribution in [0.3, 0.4) is 0 Å². The van der Waals surface area contributed by atoms with Gasteiger partial charge in [0.25, 0.3) is 0 Å². The normalized spacial score (nSPS) is 10.8. The summed E-state index contributed by atoms with van der Waals surface area (Å²) in [6.45, 7) is 0. The first-order valence-electron chi connectivity index (χ1n) is 6.25. The summed E-state index contributed by atoms with van der Waals surface area (Å²) in [5.74, 6) is 0.723. The Labute approximate surface area is 138 Å². The number of aromatic nitrogens is 1. The predicted octanol–water partition coefficient (Wildman–Crippen LogP) is 5.82. The van der Waals surface area contributed by atoms with Gasteiger partial charge in [-0.3, -0.25) is 0 Å². The lowest BCUT2D eigenvalue weighted by Crippen LogP contribution is -1.95. The highest BCUT2D eigenvalue weighted by Crippen LogP contribution is 2.33. The molecule has 1 heterocycles. The van der Waals surface area contributed by atoms with Gasteiger partial charge in [0, 0.05) is 16.3 Å². The molecule has 106 valence electrons. The van der Waals surface area contributed by atoms with Gasteiger partial charge < -0.3 is 4.74 Å². The molecule has 2 nitrogen and oxygen atoms in total. The van der Waals surface area contributed by atoms with Crippen molar-refractivity contribution in [1.29, 1.82) is 0 Å². The third-order valence-corrected chi connectivity index (χ3v) is 4.23. The molecule has 0 N–H and O–H groups in total. The van der Waals surface area contributed by atoms with Gasteiger partial charge in [-0.1, -0.05) is 34.1 Å². The molecule has 1 aromatic heterocycles. The largest absolute Gasteiger partial charge is 0.438 e. The summed E-state index contributed by atoms with van der Waals surface area (Å²) in [4.78, 5) is 4.54. The number of para-hydroxylation sites is 1. The molecule has 0 aliphatic rings. The Morgan fingerprint density at radius 3 is 2.67 bits per heavy atom. The van der Waals surface area contributed by atoms with Gasteiger partial charge >= 0.3 is 0 Å². The summed E-state index contributed by atoms with van der Waals surface area (Å²) in [5.41, 5.74) is 1.79. The van der Waals surface area contributed by atoms with E-state index < -0.39 is 0 Å². The summed E-state index contributed by atoms with van der Waals surface area (Å²) < 4.78 is 19.5. The monoisotopic (exact) mass is 409 g/mol. The summed E-state index contributed by atoms with van der Waals surface area (Å²) >= 11 is 6.74. The van der Waals surface area contributed by atoms with Crippen molar-refractivity contribution in [3.05, 3.63) is 64.4 Å². The highest BCUT2D eigenvalue weighted by atomic mass is 79.9. The van der Waals surface area contributed by atoms with Crippen molar-refractivity contribution in [2.75, 3.05) is 0 Å². The molecular weight excluding hydrogens is 401 g/mol. The molecule has 5 heteroatoms. The van der Waals surface area contributed by atoms with E-state index in [4.69, 9.17) is 4.74 Å². The first-order valence-corrected chi connectivity index (χ1v) is 8.16. The van der Waals surface area contributed by atoms with Crippen LogP contribution in [-0.4, -0.2) is 4.98 Å². The molecular formula is C16H10Br2FNO. The molecule has 21 heavy (non-hydrogen) atoms. The number of hydrogen-bond donors (Lipinski definition) is 0. The fraction of sp³-hybridized carbons (Fsp3) is 0.0625. The number of hydrogen-bond acceptors (Lipinski definition) is 2. The fourth-order valence-corrected chi connectivity index (χ4v) is 2.82. The first-order chi connectivity index (χ1) is 10.2. The van der Waals surface area contributed by atoms with Gasteiger partial charge in [-0.25, -0.2) is 9.37 Å². The van der Waals surface area contributed by atoms with Crippen LogP contribution in [0.15, 0.2) is 53.0 Å². The minimum absolute atomic E-state index is 0.318. The predicted molar refractivity (Wildman–Crippen MR) is 88.5 cm³/mol. The Kier molecular flexibility index (Phi) is 4.22. The van der Waals surface area contributed by atoms with E-state index >= 15 is 0 Å². The molecule has 0 saturated carbocycles. The second kappa shape index (κ2) is 6.12. The highest BCUT2D eigenvalue weighted by Gasteiger charge is 2.11. The zero-order valence-corrected chi connectivity index (χ0v) is 14.0. The molecule has 0 radical (unpaired) electrons. The van der Waals surface area contributed by atoms with Crippen molar-refractivity contribution < 1.29 is 9.13 Å². The van der Waals surface area contributed by atoms with Crippen LogP contribution >= 0.6 is 31.9 Å². The molecule has 3 aromatic rings. The molecule has 0 saturated heterocycles. The molecule has 0 unspecified atom stereocenters. The number of ether oxygens (including phenoxy) is 1. The molecule has 3 rings (SSSR count). The zero-order valence-electron chi connectivity index (χ0n) is 10.8. The Hall–Kier alpha value is -1.46. The minimum atomic E-state index is -0.318. The number of benzene rings is 2. The standard InChI is InChI=1S/C16H10Br2FNO/c17-9-11-7-10-3-1-2-4-14(10)20-16(11)21-15-6-5-12(19)8-13(15)18/h1-8H,9H2. The smallest absolute Gasteiger partial charge is 0.223 e. The minimum Gasteiger partial charge on any atom is -0.438 e. The van der Waals surface area contributed by atoms with Gasteiger partial charge in [-0.2, -0.15) is 0 Å². The number of nitrogens with zero attached hydrogens (tertiary/aromatic N) is 1. The SMILES string of the molecule is Fc1ccc(Oc2nc3ccccc3cc2CBr)c(Br)c1. The maximum atomic E-state index is 13.1. The van der Waals surface area contributed by atoms with Gasteiger partial charge in [0.2, 0.25) is 5.88 Å². The fourth-order valence-electron chi connectivity index (χ4n) is 1.99. The third kappa shape index (κ3) is 3.09. The summed E-state index contributed by atoms with van der Waals surface area (Å²) in [5, 5.41) is 1.68. The molecule has 0 aliphatic heterocycles. The van der Waals surface area contributed by atoms with Crippen molar-refractivity contribution >= 4 is 42.8 Å². The van der Waals surface area contributed by atoms with Crippen LogP contribution in [0.2, 0.25) is 0 Å². The van der Waals surface area contributed by atoms with Crippen LogP contribution in [-0.2, 0) is 5.33 Å². The van der Waals surface area contributed by atoms with E-state index in [-0.39, 0.29) is 5.82 Å². The van der Waals surface area contributed by atoms with Crippen LogP contribution in [0.4, 0.5) is 4.39 Å². The quantitative estimate of drug-likeness (QED) is 0.507. The van der Waals surface area contributed by atoms with E-state index in [1.807, 2.05) is 30.3 Å². The second-order valence-electron chi connectivity index (χ2n) is 4.46. The summed E-state index contributed by atoms with van der Waals surface area (Å²) in [7, 11) is 0. The van der Waals surface area contributed by atoms with Gasteiger partial charge in [0.05, 0.1) is 9.99 Å². The zero-order chi connectivity index (χ0) is 14.8. The number of rotatable bonds is 3. The van der Waals surface area contributed by atoms with Crippen molar-refractivity contribution in [3.63, 3.8) is 0 Å². The van der Waals surface area contributed by atoms with E-state index in [9.17, 15) is 4.39 Å². The molecule has 0 atom stereocenters. The first kappa shape index (κ1) is 14.5. The average Bonchev–Trinajstić information content (AvgIpc) is 2.49. The van der Waals surface area contributed by atoms with Crippen molar-refractivity contribution in [1.82, 2.24) is 4.98 Å². The molecule has 0 amide bonds. The molecule has 2 aromatic carbocycles. The lowest BCUT2D eigenvalue weighted by atomic mass is 10.2. The Balaban J connectivity index is 2.06.